The van der Waals surface area contributed by atoms with Gasteiger partial charge in [0, 0.05) is 11.3 Å². The number of halogens is 1. The molecular weight excluding hydrogens is 374 g/mol. The Balaban J connectivity index is 1.85. The van der Waals surface area contributed by atoms with E-state index in [-0.39, 0.29) is 5.91 Å². The molecule has 0 aliphatic heterocycles. The molecule has 0 bridgehead atoms. The van der Waals surface area contributed by atoms with Crippen molar-refractivity contribution in [1.29, 1.82) is 0 Å². The van der Waals surface area contributed by atoms with Crippen molar-refractivity contribution in [3.05, 3.63) is 88.4 Å². The van der Waals surface area contributed by atoms with Crippen LogP contribution in [-0.4, -0.2) is 19.6 Å². The van der Waals surface area contributed by atoms with Gasteiger partial charge >= 0.3 is 0 Å². The number of rotatable bonds is 7. The summed E-state index contributed by atoms with van der Waals surface area (Å²) in [5, 5.41) is 3.32. The molecule has 1 amide bonds. The molecule has 0 aromatic heterocycles. The van der Waals surface area contributed by atoms with Crippen LogP contribution in [-0.2, 0) is 6.42 Å². The molecule has 0 aliphatic rings. The summed E-state index contributed by atoms with van der Waals surface area (Å²) in [4.78, 5) is 12.8. The number of hydrogen-bond donors (Lipinski definition) is 1. The highest BCUT2D eigenvalue weighted by Crippen LogP contribution is 2.36. The van der Waals surface area contributed by atoms with E-state index in [0.29, 0.717) is 28.7 Å². The van der Waals surface area contributed by atoms with E-state index in [9.17, 15) is 4.79 Å². The third kappa shape index (κ3) is 4.65. The molecule has 144 valence electrons. The molecule has 3 aromatic rings. The maximum atomic E-state index is 12.8. The molecule has 3 rings (SSSR count). The van der Waals surface area contributed by atoms with Crippen molar-refractivity contribution < 1.29 is 14.3 Å². The fourth-order valence-corrected chi connectivity index (χ4v) is 3.21. The van der Waals surface area contributed by atoms with E-state index in [2.05, 4.69) is 17.4 Å². The second-order valence-corrected chi connectivity index (χ2v) is 6.60. The molecule has 0 unspecified atom stereocenters. The molecule has 1 N–H and O–H groups in total. The molecule has 0 saturated heterocycles. The number of para-hydroxylation sites is 1. The zero-order valence-electron chi connectivity index (χ0n) is 15.9. The molecule has 0 aliphatic carbocycles. The van der Waals surface area contributed by atoms with Crippen molar-refractivity contribution in [3.63, 3.8) is 0 Å². The summed E-state index contributed by atoms with van der Waals surface area (Å²) in [6.07, 6.45) is 0.727. The zero-order valence-corrected chi connectivity index (χ0v) is 16.6. The number of carbonyl (C=O) groups excluding carboxylic acids is 1. The topological polar surface area (TPSA) is 47.6 Å². The molecule has 4 nitrogen and oxygen atoms in total. The Bertz CT molecular complexity index is 957. The molecule has 0 radical (unpaired) electrons. The largest absolute Gasteiger partial charge is 0.493 e. The second-order valence-electron chi connectivity index (χ2n) is 6.20. The quantitative estimate of drug-likeness (QED) is 0.567. The Morgan fingerprint density at radius 1 is 1.04 bits per heavy atom. The molecule has 5 heteroatoms. The van der Waals surface area contributed by atoms with Crippen LogP contribution in [0, 0.1) is 0 Å². The Morgan fingerprint density at radius 2 is 1.75 bits per heavy atom. The Kier molecular flexibility index (Phi) is 6.56. The van der Waals surface area contributed by atoms with Gasteiger partial charge in [-0.3, -0.25) is 4.79 Å². The predicted molar refractivity (Wildman–Crippen MR) is 113 cm³/mol. The number of anilines is 1. The Morgan fingerprint density at radius 3 is 2.46 bits per heavy atom. The first kappa shape index (κ1) is 19.8. The van der Waals surface area contributed by atoms with Crippen LogP contribution >= 0.6 is 11.6 Å². The van der Waals surface area contributed by atoms with Crippen molar-refractivity contribution in [2.24, 2.45) is 0 Å². The molecule has 0 fully saturated rings. The molecule has 0 spiro atoms. The van der Waals surface area contributed by atoms with E-state index in [4.69, 9.17) is 21.1 Å². The third-order valence-electron chi connectivity index (χ3n) is 4.28. The molecular formula is C23H22ClNO3. The SMILES string of the molecule is CCOc1c(Cl)cc(C(=O)Nc2ccccc2Cc2ccccc2)cc1OC. The van der Waals surface area contributed by atoms with E-state index in [1.807, 2.05) is 49.4 Å². The van der Waals surface area contributed by atoms with Crippen molar-refractivity contribution in [3.8, 4) is 11.5 Å². The minimum absolute atomic E-state index is 0.260. The summed E-state index contributed by atoms with van der Waals surface area (Å²) in [6, 6.07) is 21.1. The fraction of sp³-hybridized carbons (Fsp3) is 0.174. The maximum Gasteiger partial charge on any atom is 0.255 e. The highest BCUT2D eigenvalue weighted by Gasteiger charge is 2.16. The number of amides is 1. The Labute approximate surface area is 170 Å². The summed E-state index contributed by atoms with van der Waals surface area (Å²) < 4.78 is 10.8. The van der Waals surface area contributed by atoms with Gasteiger partial charge in [-0.05, 0) is 42.7 Å². The number of benzene rings is 3. The second kappa shape index (κ2) is 9.29. The normalized spacial score (nSPS) is 10.4. The first-order chi connectivity index (χ1) is 13.6. The lowest BCUT2D eigenvalue weighted by Gasteiger charge is -2.14. The molecule has 0 heterocycles. The summed E-state index contributed by atoms with van der Waals surface area (Å²) in [5.41, 5.74) is 3.38. The highest BCUT2D eigenvalue weighted by molar-refractivity contribution is 6.32. The molecule has 28 heavy (non-hydrogen) atoms. The summed E-state index contributed by atoms with van der Waals surface area (Å²) in [7, 11) is 1.52. The number of ether oxygens (including phenoxy) is 2. The highest BCUT2D eigenvalue weighted by atomic mass is 35.5. The van der Waals surface area contributed by atoms with Crippen LogP contribution in [0.4, 0.5) is 5.69 Å². The van der Waals surface area contributed by atoms with Crippen LogP contribution in [0.2, 0.25) is 5.02 Å². The van der Waals surface area contributed by atoms with Crippen molar-refractivity contribution >= 4 is 23.2 Å². The first-order valence-electron chi connectivity index (χ1n) is 9.06. The van der Waals surface area contributed by atoms with Gasteiger partial charge in [0.2, 0.25) is 0 Å². The van der Waals surface area contributed by atoms with Crippen molar-refractivity contribution in [2.45, 2.75) is 13.3 Å². The van der Waals surface area contributed by atoms with Gasteiger partial charge in [-0.15, -0.1) is 0 Å². The van der Waals surface area contributed by atoms with Crippen LogP contribution in [0.5, 0.6) is 11.5 Å². The van der Waals surface area contributed by atoms with Gasteiger partial charge in [-0.25, -0.2) is 0 Å². The smallest absolute Gasteiger partial charge is 0.255 e. The zero-order chi connectivity index (χ0) is 19.9. The van der Waals surface area contributed by atoms with Gasteiger partial charge in [0.25, 0.3) is 5.91 Å². The van der Waals surface area contributed by atoms with Crippen LogP contribution in [0.25, 0.3) is 0 Å². The van der Waals surface area contributed by atoms with Gasteiger partial charge in [0.05, 0.1) is 18.7 Å². The Hall–Kier alpha value is -2.98. The molecule has 0 atom stereocenters. The van der Waals surface area contributed by atoms with Crippen LogP contribution in [0.3, 0.4) is 0 Å². The van der Waals surface area contributed by atoms with E-state index in [1.54, 1.807) is 12.1 Å². The van der Waals surface area contributed by atoms with E-state index in [0.717, 1.165) is 17.7 Å². The van der Waals surface area contributed by atoms with Crippen LogP contribution in [0.1, 0.15) is 28.4 Å². The summed E-state index contributed by atoms with van der Waals surface area (Å²) in [5.74, 6) is 0.605. The minimum Gasteiger partial charge on any atom is -0.493 e. The monoisotopic (exact) mass is 395 g/mol. The fourth-order valence-electron chi connectivity index (χ4n) is 2.94. The van der Waals surface area contributed by atoms with Gasteiger partial charge in [0.1, 0.15) is 0 Å². The van der Waals surface area contributed by atoms with E-state index < -0.39 is 0 Å². The predicted octanol–water partition coefficient (Wildman–Crippen LogP) is 5.59. The van der Waals surface area contributed by atoms with E-state index in [1.165, 1.54) is 12.7 Å². The van der Waals surface area contributed by atoms with Gasteiger partial charge < -0.3 is 14.8 Å². The minimum atomic E-state index is -0.260. The van der Waals surface area contributed by atoms with Gasteiger partial charge in [0.15, 0.2) is 11.5 Å². The average Bonchev–Trinajstić information content (AvgIpc) is 2.71. The number of hydrogen-bond acceptors (Lipinski definition) is 3. The first-order valence-corrected chi connectivity index (χ1v) is 9.43. The number of carbonyl (C=O) groups is 1. The molecule has 0 saturated carbocycles. The number of methoxy groups -OCH3 is 1. The van der Waals surface area contributed by atoms with Crippen molar-refractivity contribution in [1.82, 2.24) is 0 Å². The summed E-state index contributed by atoms with van der Waals surface area (Å²) >= 11 is 6.29. The van der Waals surface area contributed by atoms with Crippen LogP contribution < -0.4 is 14.8 Å². The van der Waals surface area contributed by atoms with Gasteiger partial charge in [-0.1, -0.05) is 60.1 Å². The third-order valence-corrected chi connectivity index (χ3v) is 4.56. The lowest BCUT2D eigenvalue weighted by Crippen LogP contribution is -2.14. The molecule has 3 aromatic carbocycles. The maximum absolute atomic E-state index is 12.8. The number of nitrogens with one attached hydrogen (secondary N) is 1. The summed E-state index contributed by atoms with van der Waals surface area (Å²) in [6.45, 7) is 2.31. The average molecular weight is 396 g/mol. The van der Waals surface area contributed by atoms with E-state index >= 15 is 0 Å². The lowest BCUT2D eigenvalue weighted by molar-refractivity contribution is 0.102. The van der Waals surface area contributed by atoms with Gasteiger partial charge in [-0.2, -0.15) is 0 Å². The van der Waals surface area contributed by atoms with Crippen LogP contribution in [0.15, 0.2) is 66.7 Å². The standard InChI is InChI=1S/C23H22ClNO3/c1-3-28-22-19(24)14-18(15-21(22)27-2)23(26)25-20-12-8-7-11-17(20)13-16-9-5-4-6-10-16/h4-12,14-15H,3,13H2,1-2H3,(H,25,26). The van der Waals surface area contributed by atoms with Crippen molar-refractivity contribution in [2.75, 3.05) is 19.0 Å². The lowest BCUT2D eigenvalue weighted by atomic mass is 10.0.